The lowest BCUT2D eigenvalue weighted by molar-refractivity contribution is -0.134. The van der Waals surface area contributed by atoms with Crippen molar-refractivity contribution in [2.45, 2.75) is 50.0 Å². The van der Waals surface area contributed by atoms with Gasteiger partial charge < -0.3 is 4.90 Å². The summed E-state index contributed by atoms with van der Waals surface area (Å²) in [6, 6.07) is 10.7. The summed E-state index contributed by atoms with van der Waals surface area (Å²) in [5.74, 6) is 1.06. The van der Waals surface area contributed by atoms with Gasteiger partial charge >= 0.3 is 0 Å². The van der Waals surface area contributed by atoms with Crippen LogP contribution in [0.4, 0.5) is 0 Å². The first-order valence-electron chi connectivity index (χ1n) is 7.70. The van der Waals surface area contributed by atoms with Crippen LogP contribution in [0.15, 0.2) is 30.3 Å². The molecule has 1 aromatic rings. The van der Waals surface area contributed by atoms with E-state index in [4.69, 9.17) is 11.6 Å². The highest BCUT2D eigenvalue weighted by Crippen LogP contribution is 2.50. The van der Waals surface area contributed by atoms with Crippen molar-refractivity contribution in [1.29, 1.82) is 0 Å². The molecule has 108 valence electrons. The van der Waals surface area contributed by atoms with Crippen LogP contribution >= 0.6 is 11.6 Å². The van der Waals surface area contributed by atoms with Gasteiger partial charge in [-0.25, -0.2) is 0 Å². The molecule has 1 aliphatic heterocycles. The zero-order chi connectivity index (χ0) is 14.0. The van der Waals surface area contributed by atoms with Gasteiger partial charge in [0.25, 0.3) is 0 Å². The summed E-state index contributed by atoms with van der Waals surface area (Å²) in [6.07, 6.45) is 6.37. The third kappa shape index (κ3) is 2.46. The molecule has 1 amide bonds. The van der Waals surface area contributed by atoms with Gasteiger partial charge in [-0.2, -0.15) is 0 Å². The maximum atomic E-state index is 13.0. The third-order valence-corrected chi connectivity index (χ3v) is 5.06. The first-order valence-corrected chi connectivity index (χ1v) is 8.24. The topological polar surface area (TPSA) is 20.3 Å². The molecule has 0 spiro atoms. The molecule has 1 atom stereocenters. The van der Waals surface area contributed by atoms with Gasteiger partial charge in [0.15, 0.2) is 0 Å². The van der Waals surface area contributed by atoms with Gasteiger partial charge in [0, 0.05) is 18.5 Å². The molecule has 20 heavy (non-hydrogen) atoms. The third-order valence-electron chi connectivity index (χ3n) is 4.79. The summed E-state index contributed by atoms with van der Waals surface area (Å²) in [5.41, 5.74) is 0.998. The van der Waals surface area contributed by atoms with Crippen LogP contribution in [0.5, 0.6) is 0 Å². The molecular weight excluding hydrogens is 270 g/mol. The molecule has 3 heteroatoms. The summed E-state index contributed by atoms with van der Waals surface area (Å²) in [7, 11) is 0. The lowest BCUT2D eigenvalue weighted by Crippen LogP contribution is -2.42. The van der Waals surface area contributed by atoms with Crippen molar-refractivity contribution < 1.29 is 4.79 Å². The van der Waals surface area contributed by atoms with Crippen LogP contribution in [-0.4, -0.2) is 29.3 Å². The molecule has 1 saturated heterocycles. The van der Waals surface area contributed by atoms with Gasteiger partial charge in [-0.15, -0.1) is 11.6 Å². The molecular formula is C17H22ClNO. The number of hydrogen-bond acceptors (Lipinski definition) is 1. The SMILES string of the molecule is O=C(N1CCCC1CCCCl)C1(c2ccccc2)CC1. The van der Waals surface area contributed by atoms with Crippen LogP contribution in [0.1, 0.15) is 44.1 Å². The molecule has 1 aliphatic carbocycles. The van der Waals surface area contributed by atoms with Gasteiger partial charge in [-0.05, 0) is 44.1 Å². The summed E-state index contributed by atoms with van der Waals surface area (Å²) < 4.78 is 0. The molecule has 2 fully saturated rings. The van der Waals surface area contributed by atoms with Gasteiger partial charge in [0.1, 0.15) is 0 Å². The highest BCUT2D eigenvalue weighted by Gasteiger charge is 2.54. The maximum Gasteiger partial charge on any atom is 0.233 e. The number of benzene rings is 1. The Hall–Kier alpha value is -1.02. The van der Waals surface area contributed by atoms with Crippen LogP contribution in [-0.2, 0) is 10.2 Å². The van der Waals surface area contributed by atoms with Crippen molar-refractivity contribution in [1.82, 2.24) is 4.90 Å². The Kier molecular flexibility index (Phi) is 4.02. The molecule has 1 saturated carbocycles. The van der Waals surface area contributed by atoms with E-state index < -0.39 is 0 Å². The number of amides is 1. The monoisotopic (exact) mass is 291 g/mol. The van der Waals surface area contributed by atoms with Crippen molar-refractivity contribution in [2.24, 2.45) is 0 Å². The van der Waals surface area contributed by atoms with E-state index in [1.807, 2.05) is 18.2 Å². The second-order valence-electron chi connectivity index (χ2n) is 6.07. The average molecular weight is 292 g/mol. The minimum absolute atomic E-state index is 0.204. The molecule has 0 radical (unpaired) electrons. The fourth-order valence-corrected chi connectivity index (χ4v) is 3.65. The number of hydrogen-bond donors (Lipinski definition) is 0. The van der Waals surface area contributed by atoms with Crippen molar-refractivity contribution in [3.63, 3.8) is 0 Å². The fourth-order valence-electron chi connectivity index (χ4n) is 3.50. The van der Waals surface area contributed by atoms with Crippen LogP contribution in [0, 0.1) is 0 Å². The van der Waals surface area contributed by atoms with Gasteiger partial charge in [-0.3, -0.25) is 4.79 Å². The average Bonchev–Trinajstić information content (AvgIpc) is 3.18. The molecule has 2 nitrogen and oxygen atoms in total. The van der Waals surface area contributed by atoms with Crippen molar-refractivity contribution in [3.05, 3.63) is 35.9 Å². The standard InChI is InChI=1S/C17H22ClNO/c18-12-4-8-15-9-5-13-19(15)16(20)17(10-11-17)14-6-2-1-3-7-14/h1-3,6-7,15H,4-5,8-13H2. The van der Waals surface area contributed by atoms with Crippen molar-refractivity contribution in [2.75, 3.05) is 12.4 Å². The highest BCUT2D eigenvalue weighted by molar-refractivity contribution is 6.17. The smallest absolute Gasteiger partial charge is 0.233 e. The minimum Gasteiger partial charge on any atom is -0.339 e. The Morgan fingerprint density at radius 2 is 2.05 bits per heavy atom. The lowest BCUT2D eigenvalue weighted by atomic mass is 9.93. The van der Waals surface area contributed by atoms with E-state index in [2.05, 4.69) is 17.0 Å². The van der Waals surface area contributed by atoms with Gasteiger partial charge in [0.2, 0.25) is 5.91 Å². The molecule has 0 aromatic heterocycles. The number of halogens is 1. The Labute approximate surface area is 126 Å². The molecule has 1 aromatic carbocycles. The molecule has 1 heterocycles. The van der Waals surface area contributed by atoms with E-state index in [1.54, 1.807) is 0 Å². The van der Waals surface area contributed by atoms with Gasteiger partial charge in [0.05, 0.1) is 5.41 Å². The largest absolute Gasteiger partial charge is 0.339 e. The fraction of sp³-hybridized carbons (Fsp3) is 0.588. The first-order chi connectivity index (χ1) is 9.78. The number of nitrogens with zero attached hydrogens (tertiary/aromatic N) is 1. The number of carbonyl (C=O) groups excluding carboxylic acids is 1. The Bertz CT molecular complexity index is 469. The number of likely N-dealkylation sites (tertiary alicyclic amines) is 1. The quantitative estimate of drug-likeness (QED) is 0.757. The molecule has 2 aliphatic rings. The van der Waals surface area contributed by atoms with Crippen LogP contribution in [0.2, 0.25) is 0 Å². The van der Waals surface area contributed by atoms with E-state index in [0.29, 0.717) is 17.8 Å². The van der Waals surface area contributed by atoms with Gasteiger partial charge in [-0.1, -0.05) is 30.3 Å². The van der Waals surface area contributed by atoms with E-state index in [-0.39, 0.29) is 5.41 Å². The predicted molar refractivity (Wildman–Crippen MR) is 82.0 cm³/mol. The summed E-state index contributed by atoms with van der Waals surface area (Å²) >= 11 is 5.80. The Morgan fingerprint density at radius 1 is 1.30 bits per heavy atom. The number of alkyl halides is 1. The second kappa shape index (κ2) is 5.77. The van der Waals surface area contributed by atoms with E-state index in [9.17, 15) is 4.79 Å². The van der Waals surface area contributed by atoms with E-state index >= 15 is 0 Å². The maximum absolute atomic E-state index is 13.0. The molecule has 0 bridgehead atoms. The zero-order valence-corrected chi connectivity index (χ0v) is 12.6. The van der Waals surface area contributed by atoms with Crippen LogP contribution < -0.4 is 0 Å². The van der Waals surface area contributed by atoms with Crippen LogP contribution in [0.3, 0.4) is 0 Å². The second-order valence-corrected chi connectivity index (χ2v) is 6.45. The van der Waals surface area contributed by atoms with E-state index in [0.717, 1.165) is 45.1 Å². The molecule has 0 N–H and O–H groups in total. The Morgan fingerprint density at radius 3 is 2.70 bits per heavy atom. The summed E-state index contributed by atoms with van der Waals surface area (Å²) in [4.78, 5) is 15.1. The minimum atomic E-state index is -0.204. The zero-order valence-electron chi connectivity index (χ0n) is 11.9. The van der Waals surface area contributed by atoms with Crippen molar-refractivity contribution in [3.8, 4) is 0 Å². The number of carbonyl (C=O) groups is 1. The summed E-state index contributed by atoms with van der Waals surface area (Å²) in [6.45, 7) is 0.931. The Balaban J connectivity index is 1.75. The first kappa shape index (κ1) is 13.9. The van der Waals surface area contributed by atoms with E-state index in [1.165, 1.54) is 5.56 Å². The number of rotatable bonds is 5. The highest BCUT2D eigenvalue weighted by atomic mass is 35.5. The lowest BCUT2D eigenvalue weighted by Gasteiger charge is -2.29. The molecule has 1 unspecified atom stereocenters. The van der Waals surface area contributed by atoms with Crippen LogP contribution in [0.25, 0.3) is 0 Å². The normalized spacial score (nSPS) is 23.9. The molecule has 3 rings (SSSR count). The summed E-state index contributed by atoms with van der Waals surface area (Å²) in [5, 5.41) is 0. The predicted octanol–water partition coefficient (Wildman–Crippen LogP) is 3.73. The van der Waals surface area contributed by atoms with Crippen molar-refractivity contribution >= 4 is 17.5 Å².